The fourth-order valence-corrected chi connectivity index (χ4v) is 5.39. The van der Waals surface area contributed by atoms with Gasteiger partial charge in [0, 0.05) is 26.2 Å². The van der Waals surface area contributed by atoms with Crippen molar-refractivity contribution in [1.29, 1.82) is 0 Å². The number of nitrogens with zero attached hydrogens (tertiary/aromatic N) is 5. The van der Waals surface area contributed by atoms with Crippen molar-refractivity contribution in [3.05, 3.63) is 54.1 Å². The van der Waals surface area contributed by atoms with Gasteiger partial charge in [-0.25, -0.2) is 19.3 Å². The Kier molecular flexibility index (Phi) is 6.08. The standard InChI is InChI=1S/C26H26ClFN6O3/c1-2-21(35)34-10-9-26(34)13-33(14-26)20-8-6-18-24(32-20)25(30-15-29-18)31-17-5-7-19(22(27)23(17)28)37-12-16-4-3-11-36-16/h2,5-8,15-16H,1,3-4,9-14H2,(H,29,30,31)/t16-/m1/s1. The van der Waals surface area contributed by atoms with Crippen molar-refractivity contribution in [2.75, 3.05) is 43.1 Å². The van der Waals surface area contributed by atoms with Gasteiger partial charge in [-0.1, -0.05) is 18.2 Å². The maximum Gasteiger partial charge on any atom is 0.246 e. The van der Waals surface area contributed by atoms with E-state index in [1.54, 1.807) is 12.1 Å². The third-order valence-corrected chi connectivity index (χ3v) is 7.68. The number of carbonyl (C=O) groups is 1. The number of pyridine rings is 1. The molecule has 3 saturated heterocycles. The van der Waals surface area contributed by atoms with Gasteiger partial charge in [0.1, 0.15) is 35.0 Å². The molecule has 1 N–H and O–H groups in total. The summed E-state index contributed by atoms with van der Waals surface area (Å²) < 4.78 is 26.4. The minimum absolute atomic E-state index is 0.000656. The lowest BCUT2D eigenvalue weighted by Crippen LogP contribution is -2.78. The molecule has 6 rings (SSSR count). The molecule has 0 radical (unpaired) electrons. The van der Waals surface area contributed by atoms with Crippen LogP contribution >= 0.6 is 11.6 Å². The zero-order valence-corrected chi connectivity index (χ0v) is 20.9. The Morgan fingerprint density at radius 3 is 2.92 bits per heavy atom. The van der Waals surface area contributed by atoms with Crippen LogP contribution in [0.15, 0.2) is 43.2 Å². The van der Waals surface area contributed by atoms with Crippen LogP contribution in [0.1, 0.15) is 19.3 Å². The number of aromatic nitrogens is 3. The minimum Gasteiger partial charge on any atom is -0.489 e. The van der Waals surface area contributed by atoms with E-state index < -0.39 is 5.82 Å². The number of benzene rings is 1. The molecule has 11 heteroatoms. The maximum absolute atomic E-state index is 15.2. The van der Waals surface area contributed by atoms with Gasteiger partial charge in [-0.05, 0) is 49.6 Å². The van der Waals surface area contributed by atoms with Gasteiger partial charge in [0.2, 0.25) is 5.91 Å². The van der Waals surface area contributed by atoms with Gasteiger partial charge < -0.3 is 24.6 Å². The molecule has 1 amide bonds. The molecule has 1 aromatic carbocycles. The van der Waals surface area contributed by atoms with E-state index in [4.69, 9.17) is 26.1 Å². The van der Waals surface area contributed by atoms with E-state index in [2.05, 4.69) is 26.8 Å². The maximum atomic E-state index is 15.2. The molecule has 0 aliphatic carbocycles. The number of hydrogen-bond donors (Lipinski definition) is 1. The van der Waals surface area contributed by atoms with E-state index in [1.165, 1.54) is 12.4 Å². The number of likely N-dealkylation sites (tertiary alicyclic amines) is 1. The molecule has 2 aromatic heterocycles. The first kappa shape index (κ1) is 23.9. The molecular weight excluding hydrogens is 499 g/mol. The second-order valence-electron chi connectivity index (χ2n) is 9.59. The van der Waals surface area contributed by atoms with Gasteiger partial charge in [-0.3, -0.25) is 4.79 Å². The van der Waals surface area contributed by atoms with Crippen LogP contribution in [0.25, 0.3) is 11.0 Å². The number of nitrogens with one attached hydrogen (secondary N) is 1. The van der Waals surface area contributed by atoms with Crippen molar-refractivity contribution in [2.24, 2.45) is 0 Å². The highest BCUT2D eigenvalue weighted by molar-refractivity contribution is 6.32. The van der Waals surface area contributed by atoms with Crippen molar-refractivity contribution in [3.63, 3.8) is 0 Å². The van der Waals surface area contributed by atoms with E-state index in [9.17, 15) is 4.79 Å². The minimum atomic E-state index is -0.643. The highest BCUT2D eigenvalue weighted by Gasteiger charge is 2.55. The molecule has 9 nitrogen and oxygen atoms in total. The van der Waals surface area contributed by atoms with Crippen molar-refractivity contribution in [2.45, 2.75) is 30.9 Å². The van der Waals surface area contributed by atoms with Crippen molar-refractivity contribution < 1.29 is 18.7 Å². The first-order chi connectivity index (χ1) is 18.0. The van der Waals surface area contributed by atoms with Gasteiger partial charge in [-0.2, -0.15) is 0 Å². The Balaban J connectivity index is 1.20. The average molecular weight is 525 g/mol. The van der Waals surface area contributed by atoms with Crippen molar-refractivity contribution >= 4 is 45.9 Å². The van der Waals surface area contributed by atoms with Crippen LogP contribution in [0.3, 0.4) is 0 Å². The molecule has 0 bridgehead atoms. The zero-order valence-electron chi connectivity index (χ0n) is 20.1. The summed E-state index contributed by atoms with van der Waals surface area (Å²) in [6.45, 7) is 6.78. The van der Waals surface area contributed by atoms with Gasteiger partial charge in [-0.15, -0.1) is 0 Å². The molecule has 0 saturated carbocycles. The summed E-state index contributed by atoms with van der Waals surface area (Å²) >= 11 is 6.28. The van der Waals surface area contributed by atoms with E-state index in [1.807, 2.05) is 17.0 Å². The summed E-state index contributed by atoms with van der Waals surface area (Å²) in [5.74, 6) is 0.680. The smallest absolute Gasteiger partial charge is 0.246 e. The molecule has 3 fully saturated rings. The Labute approximate surface area is 218 Å². The largest absolute Gasteiger partial charge is 0.489 e. The molecule has 37 heavy (non-hydrogen) atoms. The first-order valence-electron chi connectivity index (χ1n) is 12.3. The number of halogens is 2. The van der Waals surface area contributed by atoms with Crippen LogP contribution in [0.4, 0.5) is 21.7 Å². The van der Waals surface area contributed by atoms with Crippen LogP contribution in [0, 0.1) is 5.82 Å². The molecule has 0 unspecified atom stereocenters. The second-order valence-corrected chi connectivity index (χ2v) is 9.97. The Morgan fingerprint density at radius 1 is 1.32 bits per heavy atom. The SMILES string of the molecule is C=CC(=O)N1CCC12CN(c1ccc3ncnc(Nc4ccc(OC[C@H]5CCCO5)c(Cl)c4F)c3n1)C2. The number of hydrogen-bond acceptors (Lipinski definition) is 8. The fourth-order valence-electron chi connectivity index (χ4n) is 5.17. The Hall–Kier alpha value is -3.50. The third kappa shape index (κ3) is 4.23. The summed E-state index contributed by atoms with van der Waals surface area (Å²) in [5.41, 5.74) is 1.12. The molecule has 3 aliphatic rings. The zero-order chi connectivity index (χ0) is 25.6. The van der Waals surface area contributed by atoms with Crippen LogP contribution in [0.2, 0.25) is 5.02 Å². The first-order valence-corrected chi connectivity index (χ1v) is 12.7. The quantitative estimate of drug-likeness (QED) is 0.462. The number of carbonyl (C=O) groups excluding carboxylic acids is 1. The normalized spacial score (nSPS) is 20.0. The van der Waals surface area contributed by atoms with Crippen molar-refractivity contribution in [1.82, 2.24) is 19.9 Å². The Bertz CT molecular complexity index is 1380. The summed E-state index contributed by atoms with van der Waals surface area (Å²) in [5, 5.41) is 2.90. The van der Waals surface area contributed by atoms with E-state index in [0.29, 0.717) is 43.2 Å². The second kappa shape index (κ2) is 9.42. The number of rotatable bonds is 7. The summed E-state index contributed by atoms with van der Waals surface area (Å²) in [6.07, 6.45) is 5.63. The van der Waals surface area contributed by atoms with Crippen LogP contribution in [-0.4, -0.2) is 70.2 Å². The summed E-state index contributed by atoms with van der Waals surface area (Å²) in [6, 6.07) is 6.93. The monoisotopic (exact) mass is 524 g/mol. The summed E-state index contributed by atoms with van der Waals surface area (Å²) in [7, 11) is 0. The molecule has 192 valence electrons. The molecule has 5 heterocycles. The number of amides is 1. The highest BCUT2D eigenvalue weighted by atomic mass is 35.5. The van der Waals surface area contributed by atoms with Crippen LogP contribution in [-0.2, 0) is 9.53 Å². The third-order valence-electron chi connectivity index (χ3n) is 7.32. The predicted octanol–water partition coefficient (Wildman–Crippen LogP) is 4.10. The fraction of sp³-hybridized carbons (Fsp3) is 0.385. The van der Waals surface area contributed by atoms with Gasteiger partial charge in [0.25, 0.3) is 0 Å². The van der Waals surface area contributed by atoms with Gasteiger partial charge in [0.15, 0.2) is 11.6 Å². The van der Waals surface area contributed by atoms with E-state index in [0.717, 1.165) is 31.6 Å². The molecular formula is C26H26ClFN6O3. The van der Waals surface area contributed by atoms with Crippen LogP contribution in [0.5, 0.6) is 5.75 Å². The van der Waals surface area contributed by atoms with E-state index in [-0.39, 0.29) is 34.0 Å². The number of ether oxygens (including phenoxy) is 2. The average Bonchev–Trinajstić information content (AvgIpc) is 3.39. The Morgan fingerprint density at radius 2 is 2.19 bits per heavy atom. The van der Waals surface area contributed by atoms with Crippen molar-refractivity contribution in [3.8, 4) is 5.75 Å². The number of anilines is 3. The lowest BCUT2D eigenvalue weighted by molar-refractivity contribution is -0.144. The number of fused-ring (bicyclic) bond motifs is 1. The molecule has 3 aromatic rings. The summed E-state index contributed by atoms with van der Waals surface area (Å²) in [4.78, 5) is 29.5. The van der Waals surface area contributed by atoms with Crippen LogP contribution < -0.4 is 15.0 Å². The highest BCUT2D eigenvalue weighted by Crippen LogP contribution is 2.41. The molecule has 1 spiro atoms. The van der Waals surface area contributed by atoms with Gasteiger partial charge in [0.05, 0.1) is 22.8 Å². The molecule has 1 atom stereocenters. The topological polar surface area (TPSA) is 92.7 Å². The lowest BCUT2D eigenvalue weighted by atomic mass is 9.77. The van der Waals surface area contributed by atoms with E-state index >= 15 is 4.39 Å². The lowest BCUT2D eigenvalue weighted by Gasteiger charge is -2.62. The molecule has 3 aliphatic heterocycles. The predicted molar refractivity (Wildman–Crippen MR) is 138 cm³/mol. The van der Waals surface area contributed by atoms with Gasteiger partial charge >= 0.3 is 0 Å².